The summed E-state index contributed by atoms with van der Waals surface area (Å²) >= 11 is 5.95. The highest BCUT2D eigenvalue weighted by atomic mass is 35.5. The lowest BCUT2D eigenvalue weighted by atomic mass is 9.84. The predicted molar refractivity (Wildman–Crippen MR) is 163 cm³/mol. The first-order valence-corrected chi connectivity index (χ1v) is 15.1. The van der Waals surface area contributed by atoms with Crippen LogP contribution >= 0.6 is 11.6 Å². The zero-order valence-electron chi connectivity index (χ0n) is 25.2. The fourth-order valence-electron chi connectivity index (χ4n) is 7.20. The van der Waals surface area contributed by atoms with Crippen LogP contribution in [0.5, 0.6) is 0 Å². The van der Waals surface area contributed by atoms with Crippen molar-refractivity contribution in [1.29, 1.82) is 0 Å². The number of nitrogens with zero attached hydrogens (tertiary/aromatic N) is 6. The molecule has 1 aromatic carbocycles. The summed E-state index contributed by atoms with van der Waals surface area (Å²) in [5, 5.41) is 9.72. The highest BCUT2D eigenvalue weighted by molar-refractivity contribution is 6.30. The predicted octanol–water partition coefficient (Wildman–Crippen LogP) is 5.99. The van der Waals surface area contributed by atoms with Gasteiger partial charge in [0.15, 0.2) is 5.82 Å². The van der Waals surface area contributed by atoms with Crippen molar-refractivity contribution in [2.24, 2.45) is 0 Å². The molecular formula is C32H36ClFN6O3. The number of anilines is 3. The number of aromatic carboxylic acids is 1. The Morgan fingerprint density at radius 3 is 2.37 bits per heavy atom. The summed E-state index contributed by atoms with van der Waals surface area (Å²) < 4.78 is 14.4. The van der Waals surface area contributed by atoms with E-state index in [-0.39, 0.29) is 21.9 Å². The van der Waals surface area contributed by atoms with Crippen molar-refractivity contribution in [2.75, 3.05) is 36.0 Å². The van der Waals surface area contributed by atoms with Gasteiger partial charge in [-0.15, -0.1) is 0 Å². The van der Waals surface area contributed by atoms with E-state index in [9.17, 15) is 19.1 Å². The maximum absolute atomic E-state index is 14.4. The van der Waals surface area contributed by atoms with Gasteiger partial charge in [0.1, 0.15) is 17.3 Å². The van der Waals surface area contributed by atoms with Crippen LogP contribution in [0.25, 0.3) is 0 Å². The van der Waals surface area contributed by atoms with Crippen molar-refractivity contribution in [2.45, 2.75) is 71.3 Å². The summed E-state index contributed by atoms with van der Waals surface area (Å²) in [5.74, 6) is -0.225. The minimum Gasteiger partial charge on any atom is -0.478 e. The number of amides is 1. The first kappa shape index (κ1) is 29.3. The van der Waals surface area contributed by atoms with Gasteiger partial charge in [-0.25, -0.2) is 24.1 Å². The van der Waals surface area contributed by atoms with Crippen molar-refractivity contribution >= 4 is 40.8 Å². The van der Waals surface area contributed by atoms with Gasteiger partial charge in [0.25, 0.3) is 5.91 Å². The number of halogens is 2. The third-order valence-electron chi connectivity index (χ3n) is 9.54. The molecule has 226 valence electrons. The molecule has 6 rings (SSSR count). The molecule has 11 heteroatoms. The molecule has 2 fully saturated rings. The second-order valence-electron chi connectivity index (χ2n) is 12.7. The lowest BCUT2D eigenvalue weighted by Crippen LogP contribution is -2.61. The van der Waals surface area contributed by atoms with E-state index in [2.05, 4.69) is 9.88 Å². The summed E-state index contributed by atoms with van der Waals surface area (Å²) in [7, 11) is 0. The molecule has 0 unspecified atom stereocenters. The number of benzene rings is 1. The monoisotopic (exact) mass is 606 g/mol. The molecule has 1 aliphatic carbocycles. The van der Waals surface area contributed by atoms with Gasteiger partial charge in [0.05, 0.1) is 33.7 Å². The number of piperazine rings is 1. The number of pyridine rings is 1. The van der Waals surface area contributed by atoms with E-state index in [4.69, 9.17) is 21.6 Å². The number of carbonyl (C=O) groups excluding carboxylic acids is 1. The number of carboxylic acids is 1. The van der Waals surface area contributed by atoms with Gasteiger partial charge in [-0.1, -0.05) is 24.4 Å². The summed E-state index contributed by atoms with van der Waals surface area (Å²) in [6.45, 7) is 11.6. The molecule has 1 N–H and O–H groups in total. The Labute approximate surface area is 255 Å². The van der Waals surface area contributed by atoms with E-state index in [1.807, 2.05) is 37.5 Å². The first-order valence-electron chi connectivity index (χ1n) is 14.7. The minimum absolute atomic E-state index is 0.0713. The van der Waals surface area contributed by atoms with Crippen molar-refractivity contribution in [3.63, 3.8) is 0 Å². The molecule has 4 heterocycles. The average molecular weight is 607 g/mol. The van der Waals surface area contributed by atoms with E-state index in [1.165, 1.54) is 6.07 Å². The number of hydrogen-bond donors (Lipinski definition) is 1. The maximum atomic E-state index is 14.4. The third kappa shape index (κ3) is 4.80. The van der Waals surface area contributed by atoms with Crippen LogP contribution in [0, 0.1) is 26.6 Å². The van der Waals surface area contributed by atoms with Gasteiger partial charge in [-0.2, -0.15) is 0 Å². The highest BCUT2D eigenvalue weighted by Crippen LogP contribution is 2.51. The lowest BCUT2D eigenvalue weighted by molar-refractivity contribution is 0.0505. The summed E-state index contributed by atoms with van der Waals surface area (Å²) in [5.41, 5.74) is 3.25. The Kier molecular flexibility index (Phi) is 7.11. The smallest absolute Gasteiger partial charge is 0.337 e. The molecule has 0 radical (unpaired) electrons. The number of carbonyl (C=O) groups is 2. The van der Waals surface area contributed by atoms with Crippen LogP contribution in [0.15, 0.2) is 24.4 Å². The molecular weight excluding hydrogens is 571 g/mol. The molecule has 9 nitrogen and oxygen atoms in total. The van der Waals surface area contributed by atoms with Crippen LogP contribution in [0.4, 0.5) is 21.7 Å². The van der Waals surface area contributed by atoms with Crippen LogP contribution < -0.4 is 9.80 Å². The second-order valence-corrected chi connectivity index (χ2v) is 13.1. The zero-order chi connectivity index (χ0) is 30.8. The van der Waals surface area contributed by atoms with Crippen LogP contribution in [-0.4, -0.2) is 68.6 Å². The first-order chi connectivity index (χ1) is 20.3. The van der Waals surface area contributed by atoms with Crippen LogP contribution in [0.1, 0.15) is 82.9 Å². The molecule has 2 aromatic heterocycles. The van der Waals surface area contributed by atoms with Crippen molar-refractivity contribution in [3.05, 3.63) is 69.0 Å². The van der Waals surface area contributed by atoms with E-state index < -0.39 is 17.3 Å². The Balaban J connectivity index is 1.29. The number of rotatable bonds is 4. The topological polar surface area (TPSA) is 103 Å². The molecule has 3 aliphatic rings. The molecule has 1 amide bonds. The number of aryl methyl sites for hydroxylation is 1. The molecule has 1 saturated carbocycles. The summed E-state index contributed by atoms with van der Waals surface area (Å²) in [6, 6.07) is 4.77. The van der Waals surface area contributed by atoms with Crippen molar-refractivity contribution in [1.82, 2.24) is 19.9 Å². The Hall–Kier alpha value is -3.79. The fraction of sp³-hybridized carbons (Fsp3) is 0.469. The molecule has 43 heavy (non-hydrogen) atoms. The summed E-state index contributed by atoms with van der Waals surface area (Å²) in [4.78, 5) is 46.2. The third-order valence-corrected chi connectivity index (χ3v) is 9.84. The molecule has 1 spiro atoms. The molecule has 1 saturated heterocycles. The van der Waals surface area contributed by atoms with Gasteiger partial charge >= 0.3 is 5.97 Å². The SMILES string of the molecule is Cc1nc(N2CCN(C(=O)c3cnc4c(n3)C3(CCCC3)CN4c3ccc(Cl)c(F)c3)C(C)(C)C2)c(C)c(C)c1C(=O)O. The minimum atomic E-state index is -0.980. The molecule has 2 aliphatic heterocycles. The van der Waals surface area contributed by atoms with Gasteiger partial charge < -0.3 is 19.8 Å². The van der Waals surface area contributed by atoms with E-state index in [0.717, 1.165) is 42.8 Å². The molecule has 0 atom stereocenters. The van der Waals surface area contributed by atoms with E-state index in [0.29, 0.717) is 54.6 Å². The summed E-state index contributed by atoms with van der Waals surface area (Å²) in [6.07, 6.45) is 5.55. The van der Waals surface area contributed by atoms with Crippen LogP contribution in [0.2, 0.25) is 5.02 Å². The van der Waals surface area contributed by atoms with Crippen LogP contribution in [-0.2, 0) is 5.41 Å². The standard InChI is InChI=1S/C32H36ClFN6O3/c1-18-19(2)27(36-20(3)25(18)30(42)43)38-12-13-40(31(4,5)16-38)29(41)24-15-35-28-26(37-24)32(10-6-7-11-32)17-39(28)21-8-9-22(33)23(34)14-21/h8-9,14-15H,6-7,10-13,16-17H2,1-5H3,(H,42,43). The lowest BCUT2D eigenvalue weighted by Gasteiger charge is -2.47. The fourth-order valence-corrected chi connectivity index (χ4v) is 7.32. The van der Waals surface area contributed by atoms with Crippen molar-refractivity contribution < 1.29 is 19.1 Å². The Morgan fingerprint density at radius 2 is 1.72 bits per heavy atom. The van der Waals surface area contributed by atoms with E-state index >= 15 is 0 Å². The maximum Gasteiger partial charge on any atom is 0.337 e. The number of hydrogen-bond acceptors (Lipinski definition) is 7. The molecule has 0 bridgehead atoms. The van der Waals surface area contributed by atoms with Crippen molar-refractivity contribution in [3.8, 4) is 0 Å². The second kappa shape index (κ2) is 10.4. The molecule has 3 aromatic rings. The van der Waals surface area contributed by atoms with Gasteiger partial charge in [-0.3, -0.25) is 4.79 Å². The zero-order valence-corrected chi connectivity index (χ0v) is 25.9. The largest absolute Gasteiger partial charge is 0.478 e. The number of carboxylic acid groups (broad SMARTS) is 1. The van der Waals surface area contributed by atoms with Crippen LogP contribution in [0.3, 0.4) is 0 Å². The van der Waals surface area contributed by atoms with Gasteiger partial charge in [0.2, 0.25) is 0 Å². The number of aromatic nitrogens is 3. The van der Waals surface area contributed by atoms with E-state index in [1.54, 1.807) is 25.3 Å². The Bertz CT molecular complexity index is 1650. The quantitative estimate of drug-likeness (QED) is 0.386. The normalized spacial score (nSPS) is 18.8. The van der Waals surface area contributed by atoms with Gasteiger partial charge in [0, 0.05) is 37.3 Å². The highest BCUT2D eigenvalue weighted by Gasteiger charge is 2.48. The van der Waals surface area contributed by atoms with Gasteiger partial charge in [-0.05, 0) is 76.8 Å². The average Bonchev–Trinajstić information content (AvgIpc) is 3.56. The number of fused-ring (bicyclic) bond motifs is 2. The Morgan fingerprint density at radius 1 is 1.00 bits per heavy atom.